The lowest BCUT2D eigenvalue weighted by atomic mass is 9.90. The number of fused-ring (bicyclic) bond motifs is 1. The molecule has 1 aromatic carbocycles. The predicted molar refractivity (Wildman–Crippen MR) is 129 cm³/mol. The van der Waals surface area contributed by atoms with Crippen LogP contribution in [0.25, 0.3) is 22.3 Å². The molecule has 3 rings (SSSR count). The Morgan fingerprint density at radius 2 is 1.69 bits per heavy atom. The van der Waals surface area contributed by atoms with Crippen LogP contribution in [0.4, 0.5) is 26.3 Å². The Bertz CT molecular complexity index is 1280. The minimum atomic E-state index is -4.75. The van der Waals surface area contributed by atoms with Crippen LogP contribution in [0.5, 0.6) is 0 Å². The summed E-state index contributed by atoms with van der Waals surface area (Å²) in [5, 5.41) is 5.58. The molecule has 0 spiro atoms. The van der Waals surface area contributed by atoms with Crippen LogP contribution in [0.3, 0.4) is 0 Å². The lowest BCUT2D eigenvalue weighted by molar-refractivity contribution is -0.137. The van der Waals surface area contributed by atoms with Gasteiger partial charge in [-0.05, 0) is 43.4 Å². The lowest BCUT2D eigenvalue weighted by Gasteiger charge is -2.27. The van der Waals surface area contributed by atoms with Crippen LogP contribution in [-0.2, 0) is 23.7 Å². The van der Waals surface area contributed by atoms with Crippen molar-refractivity contribution in [1.82, 2.24) is 9.55 Å². The normalized spacial score (nSPS) is 15.0. The molecule has 2 aromatic heterocycles. The van der Waals surface area contributed by atoms with Gasteiger partial charge < -0.3 is 4.57 Å². The first kappa shape index (κ1) is 28.2. The molecule has 0 bridgehead atoms. The molecule has 0 saturated heterocycles. The number of rotatable bonds is 7. The van der Waals surface area contributed by atoms with Crippen molar-refractivity contribution in [3.63, 3.8) is 0 Å². The maximum Gasteiger partial charge on any atom is 0.417 e. The van der Waals surface area contributed by atoms with E-state index in [9.17, 15) is 26.2 Å². The molecule has 0 fully saturated rings. The zero-order chi connectivity index (χ0) is 27.2. The summed E-state index contributed by atoms with van der Waals surface area (Å²) in [6.45, 7) is 8.97. The van der Waals surface area contributed by atoms with Gasteiger partial charge in [-0.3, -0.25) is 5.14 Å². The lowest BCUT2D eigenvalue weighted by Crippen LogP contribution is -2.35. The molecule has 0 aliphatic rings. The van der Waals surface area contributed by atoms with E-state index >= 15 is 4.39 Å². The third-order valence-electron chi connectivity index (χ3n) is 5.93. The number of benzene rings is 1. The summed E-state index contributed by atoms with van der Waals surface area (Å²) in [5.74, 6) is -2.52. The van der Waals surface area contributed by atoms with Crippen molar-refractivity contribution in [3.8, 4) is 11.3 Å². The van der Waals surface area contributed by atoms with Crippen molar-refractivity contribution in [1.29, 1.82) is 0 Å². The van der Waals surface area contributed by atoms with Gasteiger partial charge in [0.05, 0.1) is 21.3 Å². The molecule has 0 aliphatic heterocycles. The standard InChI is InChI=1S/C25H29F6N3OS/c1-23(2,3)13-34-12-17(16(21(27)28)11-24(4,5)36(32)35)15-10-19(26)20(33-22(15)34)14-8-6-7-9-18(14)25(29,30)31/h6-10,12,16,21H,11,13,32H2,1-5H3/t16-,36?/m0/s1. The molecular weight excluding hydrogens is 504 g/mol. The summed E-state index contributed by atoms with van der Waals surface area (Å²) in [5.41, 5.74) is -2.22. The smallest absolute Gasteiger partial charge is 0.332 e. The number of pyridine rings is 1. The number of halogens is 6. The highest BCUT2D eigenvalue weighted by Gasteiger charge is 2.37. The van der Waals surface area contributed by atoms with Crippen LogP contribution < -0.4 is 5.14 Å². The third kappa shape index (κ3) is 5.94. The molecule has 1 unspecified atom stereocenters. The van der Waals surface area contributed by atoms with Crippen LogP contribution in [-0.4, -0.2) is 24.9 Å². The molecule has 0 radical (unpaired) electrons. The first-order valence-corrected chi connectivity index (χ1v) is 12.4. The van der Waals surface area contributed by atoms with Gasteiger partial charge in [0.25, 0.3) is 0 Å². The van der Waals surface area contributed by atoms with E-state index in [2.05, 4.69) is 4.98 Å². The zero-order valence-electron chi connectivity index (χ0n) is 20.6. The Kier molecular flexibility index (Phi) is 7.68. The van der Waals surface area contributed by atoms with Crippen molar-refractivity contribution in [2.75, 3.05) is 0 Å². The molecule has 4 nitrogen and oxygen atoms in total. The first-order valence-electron chi connectivity index (χ1n) is 11.2. The average molecular weight is 534 g/mol. The SMILES string of the molecule is CC(C)(C)Cn1cc([C@H](CC(C)(C)S(N)=O)C(F)F)c2cc(F)c(-c3ccccc3C(F)(F)F)nc21. The van der Waals surface area contributed by atoms with Crippen LogP contribution in [0, 0.1) is 11.2 Å². The van der Waals surface area contributed by atoms with E-state index in [4.69, 9.17) is 5.14 Å². The second-order valence-corrected chi connectivity index (χ2v) is 12.4. The molecule has 0 amide bonds. The van der Waals surface area contributed by atoms with E-state index in [1.165, 1.54) is 32.2 Å². The number of nitrogens with two attached hydrogens (primary N) is 1. The molecule has 0 aliphatic carbocycles. The fraction of sp³-hybridized carbons (Fsp3) is 0.480. The maximum absolute atomic E-state index is 15.3. The number of hydrogen-bond donors (Lipinski definition) is 1. The quantitative estimate of drug-likeness (QED) is 0.331. The minimum absolute atomic E-state index is 0.0638. The van der Waals surface area contributed by atoms with Gasteiger partial charge in [-0.2, -0.15) is 13.2 Å². The maximum atomic E-state index is 15.3. The predicted octanol–water partition coefficient (Wildman–Crippen LogP) is 7.05. The van der Waals surface area contributed by atoms with E-state index in [0.29, 0.717) is 0 Å². The summed E-state index contributed by atoms with van der Waals surface area (Å²) >= 11 is 0. The minimum Gasteiger partial charge on any atom is -0.332 e. The Morgan fingerprint density at radius 3 is 2.22 bits per heavy atom. The second kappa shape index (κ2) is 9.81. The molecule has 2 atom stereocenters. The van der Waals surface area contributed by atoms with Gasteiger partial charge in [-0.1, -0.05) is 39.0 Å². The van der Waals surface area contributed by atoms with E-state index in [0.717, 1.165) is 18.2 Å². The summed E-state index contributed by atoms with van der Waals surface area (Å²) in [6.07, 6.45) is -6.46. The van der Waals surface area contributed by atoms with Gasteiger partial charge in [-0.25, -0.2) is 22.4 Å². The number of hydrogen-bond acceptors (Lipinski definition) is 2. The second-order valence-electron chi connectivity index (χ2n) is 10.7. The number of aromatic nitrogens is 2. The Balaban J connectivity index is 2.31. The molecule has 2 N–H and O–H groups in total. The summed E-state index contributed by atoms with van der Waals surface area (Å²) in [7, 11) is -1.91. The van der Waals surface area contributed by atoms with Crippen LogP contribution >= 0.6 is 0 Å². The Hall–Kier alpha value is -2.40. The van der Waals surface area contributed by atoms with E-state index in [1.807, 2.05) is 20.8 Å². The van der Waals surface area contributed by atoms with Crippen molar-refractivity contribution in [2.24, 2.45) is 10.6 Å². The molecule has 11 heteroatoms. The molecule has 198 valence electrons. The summed E-state index contributed by atoms with van der Waals surface area (Å²) in [6, 6.07) is 5.46. The van der Waals surface area contributed by atoms with Crippen molar-refractivity contribution >= 4 is 22.0 Å². The van der Waals surface area contributed by atoms with E-state index in [-0.39, 0.29) is 35.0 Å². The van der Waals surface area contributed by atoms with Gasteiger partial charge in [0.1, 0.15) is 17.2 Å². The van der Waals surface area contributed by atoms with Gasteiger partial charge in [0.15, 0.2) is 0 Å². The highest BCUT2D eigenvalue weighted by molar-refractivity contribution is 7.84. The average Bonchev–Trinajstić information content (AvgIpc) is 3.05. The highest BCUT2D eigenvalue weighted by atomic mass is 32.2. The number of nitrogens with zero attached hydrogens (tertiary/aromatic N) is 2. The summed E-state index contributed by atoms with van der Waals surface area (Å²) in [4.78, 5) is 4.26. The fourth-order valence-electron chi connectivity index (χ4n) is 4.21. The van der Waals surface area contributed by atoms with E-state index < -0.39 is 56.9 Å². The highest BCUT2D eigenvalue weighted by Crippen LogP contribution is 2.41. The molecular formula is C25H29F6N3OS. The molecule has 3 aromatic rings. The Labute approximate surface area is 208 Å². The molecule has 0 saturated carbocycles. The van der Waals surface area contributed by atoms with Gasteiger partial charge in [0, 0.05) is 29.6 Å². The molecule has 36 heavy (non-hydrogen) atoms. The fourth-order valence-corrected chi connectivity index (χ4v) is 4.55. The van der Waals surface area contributed by atoms with Crippen LogP contribution in [0.1, 0.15) is 58.1 Å². The zero-order valence-corrected chi connectivity index (χ0v) is 21.4. The van der Waals surface area contributed by atoms with Crippen LogP contribution in [0.15, 0.2) is 36.5 Å². The van der Waals surface area contributed by atoms with Crippen molar-refractivity contribution in [3.05, 3.63) is 53.5 Å². The summed E-state index contributed by atoms with van der Waals surface area (Å²) < 4.78 is 97.2. The van der Waals surface area contributed by atoms with E-state index in [1.54, 1.807) is 4.57 Å². The monoisotopic (exact) mass is 533 g/mol. The van der Waals surface area contributed by atoms with Crippen molar-refractivity contribution in [2.45, 2.75) is 70.9 Å². The van der Waals surface area contributed by atoms with Gasteiger partial charge >= 0.3 is 6.18 Å². The largest absolute Gasteiger partial charge is 0.417 e. The third-order valence-corrected chi connectivity index (χ3v) is 7.18. The van der Waals surface area contributed by atoms with Gasteiger partial charge in [0.2, 0.25) is 6.43 Å². The topological polar surface area (TPSA) is 60.9 Å². The first-order chi connectivity index (χ1) is 16.4. The molecule has 2 heterocycles. The van der Waals surface area contributed by atoms with Gasteiger partial charge in [-0.15, -0.1) is 0 Å². The van der Waals surface area contributed by atoms with Crippen molar-refractivity contribution < 1.29 is 30.6 Å². The Morgan fingerprint density at radius 1 is 1.08 bits per heavy atom. The van der Waals surface area contributed by atoms with Crippen LogP contribution in [0.2, 0.25) is 0 Å². The number of alkyl halides is 5.